The summed E-state index contributed by atoms with van der Waals surface area (Å²) >= 11 is 0. The van der Waals surface area contributed by atoms with Crippen LogP contribution in [0.25, 0.3) is 0 Å². The van der Waals surface area contributed by atoms with Crippen LogP contribution in [0.3, 0.4) is 0 Å². The number of methoxy groups -OCH3 is 1. The molecule has 1 saturated heterocycles. The number of likely N-dealkylation sites (tertiary alicyclic amines) is 1. The first-order valence-corrected chi connectivity index (χ1v) is 17.3. The van der Waals surface area contributed by atoms with Crippen LogP contribution in [0.2, 0.25) is 0 Å². The maximum absolute atomic E-state index is 11.3. The van der Waals surface area contributed by atoms with Gasteiger partial charge in [-0.2, -0.15) is 0 Å². The van der Waals surface area contributed by atoms with Gasteiger partial charge in [0.25, 0.3) is 0 Å². The van der Waals surface area contributed by atoms with E-state index < -0.39 is 6.09 Å². The summed E-state index contributed by atoms with van der Waals surface area (Å²) in [6.07, 6.45) is 29.8. The fourth-order valence-corrected chi connectivity index (χ4v) is 6.06. The maximum Gasteiger partial charge on any atom is 0.407 e. The number of amides is 1. The first-order valence-electron chi connectivity index (χ1n) is 17.3. The number of ether oxygens (including phenoxy) is 1. The average molecular weight is 567 g/mol. The number of hydrogen-bond acceptors (Lipinski definition) is 4. The summed E-state index contributed by atoms with van der Waals surface area (Å²) in [6.45, 7) is 7.25. The molecule has 40 heavy (non-hydrogen) atoms. The Balaban J connectivity index is 2.13. The highest BCUT2D eigenvalue weighted by Crippen LogP contribution is 2.21. The molecule has 0 radical (unpaired) electrons. The standard InChI is InChI=1S/C34H66N2O4/c1-3-4-5-6-7-8-9-10-13-16-19-22-27-35(29-25-32-26-30-36(31-32)34(38)39)28-23-20-17-14-11-12-15-18-21-24-33(37)40-2/h32H,3-31H2,1-2H3,(H,38,39)/t32-/m0/s1. The Morgan fingerprint density at radius 3 is 1.57 bits per heavy atom. The van der Waals surface area contributed by atoms with Crippen molar-refractivity contribution in [1.29, 1.82) is 0 Å². The smallest absolute Gasteiger partial charge is 0.407 e. The van der Waals surface area contributed by atoms with E-state index in [1.807, 2.05) is 0 Å². The lowest BCUT2D eigenvalue weighted by Gasteiger charge is -2.24. The first-order chi connectivity index (χ1) is 19.6. The SMILES string of the molecule is CCCCCCCCCCCCCCN(CCCCCCCCCCCC(=O)OC)CC[C@H]1CCN(C(=O)O)C1. The average Bonchev–Trinajstić information content (AvgIpc) is 3.44. The molecular weight excluding hydrogens is 500 g/mol. The van der Waals surface area contributed by atoms with Crippen LogP contribution in [-0.2, 0) is 9.53 Å². The van der Waals surface area contributed by atoms with Crippen LogP contribution >= 0.6 is 0 Å². The van der Waals surface area contributed by atoms with Crippen molar-refractivity contribution in [3.63, 3.8) is 0 Å². The molecule has 0 bridgehead atoms. The number of hydrogen-bond donors (Lipinski definition) is 1. The van der Waals surface area contributed by atoms with E-state index in [9.17, 15) is 14.7 Å². The molecule has 1 amide bonds. The molecule has 1 rings (SSSR count). The summed E-state index contributed by atoms with van der Waals surface area (Å²) in [5, 5.41) is 9.27. The van der Waals surface area contributed by atoms with Gasteiger partial charge in [-0.25, -0.2) is 4.79 Å². The number of esters is 1. The molecule has 1 atom stereocenters. The summed E-state index contributed by atoms with van der Waals surface area (Å²) in [4.78, 5) is 26.7. The second-order valence-corrected chi connectivity index (χ2v) is 12.4. The summed E-state index contributed by atoms with van der Waals surface area (Å²) in [7, 11) is 1.46. The Hall–Kier alpha value is -1.30. The molecule has 6 nitrogen and oxygen atoms in total. The van der Waals surface area contributed by atoms with Crippen molar-refractivity contribution in [2.45, 2.75) is 161 Å². The largest absolute Gasteiger partial charge is 0.469 e. The highest BCUT2D eigenvalue weighted by Gasteiger charge is 2.25. The van der Waals surface area contributed by atoms with Gasteiger partial charge in [-0.3, -0.25) is 4.79 Å². The molecule has 0 aromatic heterocycles. The van der Waals surface area contributed by atoms with Crippen molar-refractivity contribution in [3.05, 3.63) is 0 Å². The molecule has 0 saturated carbocycles. The van der Waals surface area contributed by atoms with E-state index in [0.29, 0.717) is 18.9 Å². The van der Waals surface area contributed by atoms with Gasteiger partial charge in [0, 0.05) is 19.5 Å². The van der Waals surface area contributed by atoms with Gasteiger partial charge < -0.3 is 19.6 Å². The monoisotopic (exact) mass is 567 g/mol. The molecule has 1 N–H and O–H groups in total. The van der Waals surface area contributed by atoms with Crippen LogP contribution < -0.4 is 0 Å². The van der Waals surface area contributed by atoms with Gasteiger partial charge in [-0.05, 0) is 57.7 Å². The number of nitrogens with zero attached hydrogens (tertiary/aromatic N) is 2. The van der Waals surface area contributed by atoms with Gasteiger partial charge in [0.2, 0.25) is 0 Å². The second kappa shape index (κ2) is 26.6. The second-order valence-electron chi connectivity index (χ2n) is 12.4. The Bertz CT molecular complexity index is 600. The minimum absolute atomic E-state index is 0.0849. The number of carbonyl (C=O) groups is 2. The first kappa shape index (κ1) is 36.7. The van der Waals surface area contributed by atoms with Crippen molar-refractivity contribution in [2.24, 2.45) is 5.92 Å². The van der Waals surface area contributed by atoms with Crippen LogP contribution in [0.4, 0.5) is 4.79 Å². The lowest BCUT2D eigenvalue weighted by molar-refractivity contribution is -0.140. The van der Waals surface area contributed by atoms with Gasteiger partial charge in [0.05, 0.1) is 7.11 Å². The summed E-state index contributed by atoms with van der Waals surface area (Å²) in [5.41, 5.74) is 0. The normalized spacial score (nSPS) is 15.3. The third kappa shape index (κ3) is 21.4. The molecule has 1 fully saturated rings. The third-order valence-corrected chi connectivity index (χ3v) is 8.82. The quantitative estimate of drug-likeness (QED) is 0.0754. The molecule has 1 aliphatic rings. The third-order valence-electron chi connectivity index (χ3n) is 8.82. The number of rotatable bonds is 28. The molecule has 0 aromatic carbocycles. The van der Waals surface area contributed by atoms with E-state index in [1.54, 1.807) is 4.90 Å². The van der Waals surface area contributed by atoms with Crippen LogP contribution in [0.5, 0.6) is 0 Å². The lowest BCUT2D eigenvalue weighted by Crippen LogP contribution is -2.30. The Morgan fingerprint density at radius 1 is 0.700 bits per heavy atom. The van der Waals surface area contributed by atoms with Crippen molar-refractivity contribution in [2.75, 3.05) is 39.8 Å². The van der Waals surface area contributed by atoms with E-state index in [1.165, 1.54) is 142 Å². The zero-order chi connectivity index (χ0) is 29.1. The Morgan fingerprint density at radius 2 is 1.15 bits per heavy atom. The van der Waals surface area contributed by atoms with Gasteiger partial charge >= 0.3 is 12.1 Å². The number of carboxylic acid groups (broad SMARTS) is 1. The van der Waals surface area contributed by atoms with E-state index in [2.05, 4.69) is 11.8 Å². The van der Waals surface area contributed by atoms with Crippen LogP contribution in [-0.4, -0.2) is 66.8 Å². The van der Waals surface area contributed by atoms with E-state index >= 15 is 0 Å². The van der Waals surface area contributed by atoms with Gasteiger partial charge in [0.15, 0.2) is 0 Å². The van der Waals surface area contributed by atoms with Crippen molar-refractivity contribution < 1.29 is 19.4 Å². The van der Waals surface area contributed by atoms with Crippen molar-refractivity contribution in [3.8, 4) is 0 Å². The molecule has 1 heterocycles. The fraction of sp³-hybridized carbons (Fsp3) is 0.941. The van der Waals surface area contributed by atoms with E-state index in [0.717, 1.165) is 38.8 Å². The molecule has 0 aromatic rings. The molecule has 0 aliphatic carbocycles. The lowest BCUT2D eigenvalue weighted by atomic mass is 10.0. The zero-order valence-electron chi connectivity index (χ0n) is 26.6. The van der Waals surface area contributed by atoms with Gasteiger partial charge in [0.1, 0.15) is 0 Å². The van der Waals surface area contributed by atoms with E-state index in [4.69, 9.17) is 4.74 Å². The summed E-state index contributed by atoms with van der Waals surface area (Å²) in [6, 6.07) is 0. The minimum Gasteiger partial charge on any atom is -0.469 e. The highest BCUT2D eigenvalue weighted by atomic mass is 16.5. The fourth-order valence-electron chi connectivity index (χ4n) is 6.06. The predicted molar refractivity (Wildman–Crippen MR) is 168 cm³/mol. The molecule has 6 heteroatoms. The molecule has 236 valence electrons. The van der Waals surface area contributed by atoms with Crippen LogP contribution in [0, 0.1) is 5.92 Å². The number of carbonyl (C=O) groups excluding carboxylic acids is 1. The maximum atomic E-state index is 11.3. The minimum atomic E-state index is -0.753. The summed E-state index contributed by atoms with van der Waals surface area (Å²) < 4.78 is 4.70. The Kier molecular flexibility index (Phi) is 24.4. The van der Waals surface area contributed by atoms with Crippen LogP contribution in [0.1, 0.15) is 161 Å². The van der Waals surface area contributed by atoms with E-state index in [-0.39, 0.29) is 5.97 Å². The molecular formula is C34H66N2O4. The van der Waals surface area contributed by atoms with Crippen molar-refractivity contribution in [1.82, 2.24) is 9.80 Å². The topological polar surface area (TPSA) is 70.1 Å². The van der Waals surface area contributed by atoms with Crippen LogP contribution in [0.15, 0.2) is 0 Å². The predicted octanol–water partition coefficient (Wildman–Crippen LogP) is 9.45. The molecule has 0 unspecified atom stereocenters. The Labute approximate surface area is 248 Å². The van der Waals surface area contributed by atoms with Gasteiger partial charge in [-0.1, -0.05) is 122 Å². The molecule has 1 aliphatic heterocycles. The number of unbranched alkanes of at least 4 members (excludes halogenated alkanes) is 19. The van der Waals surface area contributed by atoms with Gasteiger partial charge in [-0.15, -0.1) is 0 Å². The molecule has 0 spiro atoms. The zero-order valence-corrected chi connectivity index (χ0v) is 26.6. The highest BCUT2D eigenvalue weighted by molar-refractivity contribution is 5.68. The van der Waals surface area contributed by atoms with Crippen molar-refractivity contribution >= 4 is 12.1 Å². The summed E-state index contributed by atoms with van der Waals surface area (Å²) in [5.74, 6) is 0.450.